The van der Waals surface area contributed by atoms with Crippen LogP contribution >= 0.6 is 15.9 Å². The SMILES string of the molecule is CC(C)CNCc1cn(Cc2cccc(F)c2Br)cn1. The normalized spacial score (nSPS) is 11.2. The first-order chi connectivity index (χ1) is 9.56. The lowest BCUT2D eigenvalue weighted by Gasteiger charge is -2.06. The predicted molar refractivity (Wildman–Crippen MR) is 82.0 cm³/mol. The minimum absolute atomic E-state index is 0.235. The van der Waals surface area contributed by atoms with E-state index in [0.29, 0.717) is 16.9 Å². The lowest BCUT2D eigenvalue weighted by molar-refractivity contribution is 0.548. The highest BCUT2D eigenvalue weighted by Gasteiger charge is 2.06. The summed E-state index contributed by atoms with van der Waals surface area (Å²) in [6.07, 6.45) is 3.77. The van der Waals surface area contributed by atoms with Gasteiger partial charge in [0.15, 0.2) is 0 Å². The topological polar surface area (TPSA) is 29.9 Å². The zero-order chi connectivity index (χ0) is 14.5. The van der Waals surface area contributed by atoms with Gasteiger partial charge in [0.1, 0.15) is 5.82 Å². The molecule has 5 heteroatoms. The van der Waals surface area contributed by atoms with E-state index in [1.807, 2.05) is 16.8 Å². The first kappa shape index (κ1) is 15.2. The molecule has 20 heavy (non-hydrogen) atoms. The van der Waals surface area contributed by atoms with Crippen LogP contribution in [0.4, 0.5) is 4.39 Å². The number of rotatable bonds is 6. The second-order valence-corrected chi connectivity index (χ2v) is 6.07. The number of imidazole rings is 1. The van der Waals surface area contributed by atoms with E-state index in [1.54, 1.807) is 12.4 Å². The minimum atomic E-state index is -0.235. The molecule has 1 aromatic heterocycles. The molecule has 0 saturated carbocycles. The number of hydrogen-bond donors (Lipinski definition) is 1. The Kier molecular flexibility index (Phi) is 5.31. The summed E-state index contributed by atoms with van der Waals surface area (Å²) in [5, 5.41) is 3.35. The lowest BCUT2D eigenvalue weighted by Crippen LogP contribution is -2.19. The molecule has 0 aliphatic heterocycles. The van der Waals surface area contributed by atoms with Crippen LogP contribution in [0.3, 0.4) is 0 Å². The van der Waals surface area contributed by atoms with Gasteiger partial charge in [0.05, 0.1) is 16.5 Å². The van der Waals surface area contributed by atoms with Gasteiger partial charge in [-0.3, -0.25) is 0 Å². The van der Waals surface area contributed by atoms with Crippen molar-refractivity contribution in [3.8, 4) is 0 Å². The van der Waals surface area contributed by atoms with Crippen molar-refractivity contribution in [2.24, 2.45) is 5.92 Å². The van der Waals surface area contributed by atoms with Gasteiger partial charge in [-0.1, -0.05) is 26.0 Å². The zero-order valence-electron chi connectivity index (χ0n) is 11.7. The van der Waals surface area contributed by atoms with Crippen LogP contribution in [0.15, 0.2) is 35.2 Å². The quantitative estimate of drug-likeness (QED) is 0.871. The van der Waals surface area contributed by atoms with Crippen LogP contribution in [0, 0.1) is 11.7 Å². The molecule has 1 heterocycles. The third-order valence-corrected chi connectivity index (χ3v) is 3.82. The van der Waals surface area contributed by atoms with Gasteiger partial charge < -0.3 is 9.88 Å². The monoisotopic (exact) mass is 339 g/mol. The summed E-state index contributed by atoms with van der Waals surface area (Å²) in [6, 6.07) is 5.07. The van der Waals surface area contributed by atoms with Gasteiger partial charge in [-0.15, -0.1) is 0 Å². The Bertz CT molecular complexity index is 566. The highest BCUT2D eigenvalue weighted by molar-refractivity contribution is 9.10. The minimum Gasteiger partial charge on any atom is -0.333 e. The van der Waals surface area contributed by atoms with Crippen molar-refractivity contribution in [2.75, 3.05) is 6.54 Å². The molecule has 0 spiro atoms. The van der Waals surface area contributed by atoms with Crippen molar-refractivity contribution in [2.45, 2.75) is 26.9 Å². The number of nitrogens with zero attached hydrogens (tertiary/aromatic N) is 2. The Morgan fingerprint density at radius 2 is 2.20 bits per heavy atom. The van der Waals surface area contributed by atoms with E-state index in [-0.39, 0.29) is 5.82 Å². The maximum absolute atomic E-state index is 13.4. The van der Waals surface area contributed by atoms with E-state index in [4.69, 9.17) is 0 Å². The summed E-state index contributed by atoms with van der Waals surface area (Å²) >= 11 is 3.28. The zero-order valence-corrected chi connectivity index (χ0v) is 13.3. The summed E-state index contributed by atoms with van der Waals surface area (Å²) in [5.74, 6) is 0.391. The van der Waals surface area contributed by atoms with Gasteiger partial charge in [0.2, 0.25) is 0 Å². The maximum Gasteiger partial charge on any atom is 0.137 e. The molecular formula is C15H19BrFN3. The average Bonchev–Trinajstić information content (AvgIpc) is 2.82. The molecular weight excluding hydrogens is 321 g/mol. The first-order valence-corrected chi connectivity index (χ1v) is 7.50. The molecule has 0 aliphatic carbocycles. The lowest BCUT2D eigenvalue weighted by atomic mass is 10.2. The van der Waals surface area contributed by atoms with Crippen LogP contribution in [-0.4, -0.2) is 16.1 Å². The Morgan fingerprint density at radius 3 is 2.95 bits per heavy atom. The van der Waals surface area contributed by atoms with Crippen molar-refractivity contribution in [1.82, 2.24) is 14.9 Å². The number of nitrogens with one attached hydrogen (secondary N) is 1. The Balaban J connectivity index is 1.97. The van der Waals surface area contributed by atoms with Crippen LogP contribution < -0.4 is 5.32 Å². The number of halogens is 2. The molecule has 0 unspecified atom stereocenters. The Morgan fingerprint density at radius 1 is 1.40 bits per heavy atom. The third-order valence-electron chi connectivity index (χ3n) is 2.93. The molecule has 3 nitrogen and oxygen atoms in total. The maximum atomic E-state index is 13.4. The smallest absolute Gasteiger partial charge is 0.137 e. The molecule has 1 aromatic carbocycles. The van der Waals surface area contributed by atoms with Gasteiger partial charge in [0, 0.05) is 19.3 Å². The van der Waals surface area contributed by atoms with Gasteiger partial charge >= 0.3 is 0 Å². The summed E-state index contributed by atoms with van der Waals surface area (Å²) in [7, 11) is 0. The molecule has 1 N–H and O–H groups in total. The highest BCUT2D eigenvalue weighted by Crippen LogP contribution is 2.21. The molecule has 0 amide bonds. The molecule has 108 valence electrons. The van der Waals surface area contributed by atoms with E-state index >= 15 is 0 Å². The number of aromatic nitrogens is 2. The van der Waals surface area contributed by atoms with Crippen molar-refractivity contribution in [1.29, 1.82) is 0 Å². The molecule has 0 radical (unpaired) electrons. The summed E-state index contributed by atoms with van der Waals surface area (Å²) in [6.45, 7) is 6.69. The molecule has 2 aromatic rings. The van der Waals surface area contributed by atoms with Crippen molar-refractivity contribution in [3.63, 3.8) is 0 Å². The molecule has 0 aliphatic rings. The largest absolute Gasteiger partial charge is 0.333 e. The molecule has 2 rings (SSSR count). The summed E-state index contributed by atoms with van der Waals surface area (Å²) in [4.78, 5) is 4.35. The fourth-order valence-electron chi connectivity index (χ4n) is 1.94. The van der Waals surface area contributed by atoms with Gasteiger partial charge in [-0.25, -0.2) is 9.37 Å². The van der Waals surface area contributed by atoms with Crippen LogP contribution in [0.2, 0.25) is 0 Å². The fraction of sp³-hybridized carbons (Fsp3) is 0.400. The van der Waals surface area contributed by atoms with Crippen LogP contribution in [0.1, 0.15) is 25.1 Å². The van der Waals surface area contributed by atoms with Crippen molar-refractivity contribution in [3.05, 3.63) is 52.3 Å². The van der Waals surface area contributed by atoms with Gasteiger partial charge in [-0.2, -0.15) is 0 Å². The third kappa shape index (κ3) is 4.15. The van der Waals surface area contributed by atoms with E-state index in [0.717, 1.165) is 24.3 Å². The van der Waals surface area contributed by atoms with Crippen molar-refractivity contribution >= 4 is 15.9 Å². The average molecular weight is 340 g/mol. The molecule has 0 bridgehead atoms. The van der Waals surface area contributed by atoms with Gasteiger partial charge in [0.25, 0.3) is 0 Å². The summed E-state index contributed by atoms with van der Waals surface area (Å²) in [5.41, 5.74) is 1.90. The fourth-order valence-corrected chi connectivity index (χ4v) is 2.33. The van der Waals surface area contributed by atoms with Crippen molar-refractivity contribution < 1.29 is 4.39 Å². The first-order valence-electron chi connectivity index (χ1n) is 6.70. The molecule has 0 fully saturated rings. The van der Waals surface area contributed by atoms with Crippen LogP contribution in [0.5, 0.6) is 0 Å². The number of hydrogen-bond acceptors (Lipinski definition) is 2. The molecule has 0 atom stereocenters. The van der Waals surface area contributed by atoms with E-state index in [9.17, 15) is 4.39 Å². The predicted octanol–water partition coefficient (Wildman–Crippen LogP) is 3.58. The van der Waals surface area contributed by atoms with E-state index in [2.05, 4.69) is 40.1 Å². The Labute approximate surface area is 127 Å². The highest BCUT2D eigenvalue weighted by atomic mass is 79.9. The van der Waals surface area contributed by atoms with Crippen LogP contribution in [-0.2, 0) is 13.1 Å². The standard InChI is InChI=1S/C15H19BrFN3/c1-11(2)6-18-7-13-9-20(10-19-13)8-12-4-3-5-14(17)15(12)16/h3-5,9-11,18H,6-8H2,1-2H3. The summed E-state index contributed by atoms with van der Waals surface area (Å²) < 4.78 is 15.9. The Hall–Kier alpha value is -1.20. The van der Waals surface area contributed by atoms with E-state index in [1.165, 1.54) is 6.07 Å². The second-order valence-electron chi connectivity index (χ2n) is 5.28. The van der Waals surface area contributed by atoms with Crippen LogP contribution in [0.25, 0.3) is 0 Å². The second kappa shape index (κ2) is 6.99. The van der Waals surface area contributed by atoms with Gasteiger partial charge in [-0.05, 0) is 40.0 Å². The van der Waals surface area contributed by atoms with E-state index < -0.39 is 0 Å². The molecule has 0 saturated heterocycles. The number of benzene rings is 1.